The topological polar surface area (TPSA) is 74.8 Å². The first-order valence-corrected chi connectivity index (χ1v) is 14.5. The lowest BCUT2D eigenvalue weighted by molar-refractivity contribution is 0.150. The molecule has 0 amide bonds. The van der Waals surface area contributed by atoms with Crippen LogP contribution in [-0.2, 0) is 26.4 Å². The first kappa shape index (κ1) is 22.0. The number of benzene rings is 1. The van der Waals surface area contributed by atoms with Gasteiger partial charge in [0.05, 0.1) is 4.90 Å². The highest BCUT2D eigenvalue weighted by Crippen LogP contribution is 2.35. The van der Waals surface area contributed by atoms with Crippen LogP contribution >= 0.6 is 11.3 Å². The van der Waals surface area contributed by atoms with Gasteiger partial charge in [0.2, 0.25) is 0 Å². The fraction of sp³-hybridized carbons (Fsp3) is 0.524. The minimum Gasteiger partial charge on any atom is -0.299 e. The molecule has 30 heavy (non-hydrogen) atoms. The van der Waals surface area contributed by atoms with Gasteiger partial charge in [0.15, 0.2) is 9.84 Å². The Bertz CT molecular complexity index is 1070. The van der Waals surface area contributed by atoms with Crippen molar-refractivity contribution in [3.8, 4) is 0 Å². The predicted molar refractivity (Wildman–Crippen MR) is 119 cm³/mol. The Morgan fingerprint density at radius 1 is 1.00 bits per heavy atom. The Morgan fingerprint density at radius 3 is 2.30 bits per heavy atom. The molecular formula is C21H28N2O4S3. The Hall–Kier alpha value is -1.26. The fourth-order valence-electron chi connectivity index (χ4n) is 4.13. The molecule has 2 aromatic rings. The summed E-state index contributed by atoms with van der Waals surface area (Å²) in [6.45, 7) is 2.69. The van der Waals surface area contributed by atoms with Gasteiger partial charge in [-0.15, -0.1) is 11.3 Å². The number of piperidine rings is 1. The standard InChI is InChI=1S/C21H28N2O4S3/c1-29(24,25)20-6-3-2-5-18(20)16-22-12-10-19(11-13-22)23(15-17-8-9-17)30(26,27)21-7-4-14-28-21/h2-7,14,17,19H,8-13,15-16H2,1H3. The number of thiophene rings is 1. The molecular weight excluding hydrogens is 440 g/mol. The van der Waals surface area contributed by atoms with Gasteiger partial charge in [-0.05, 0) is 54.7 Å². The number of rotatable bonds is 8. The first-order valence-electron chi connectivity index (χ1n) is 10.3. The van der Waals surface area contributed by atoms with Crippen molar-refractivity contribution in [2.24, 2.45) is 5.92 Å². The molecule has 0 unspecified atom stereocenters. The average Bonchev–Trinajstić information content (AvgIpc) is 3.35. The molecule has 9 heteroatoms. The SMILES string of the molecule is CS(=O)(=O)c1ccccc1CN1CCC(N(CC2CC2)S(=O)(=O)c2cccs2)CC1. The van der Waals surface area contributed by atoms with E-state index in [0.29, 0.717) is 28.1 Å². The lowest BCUT2D eigenvalue weighted by Crippen LogP contribution is -2.47. The van der Waals surface area contributed by atoms with Crippen molar-refractivity contribution >= 4 is 31.2 Å². The highest BCUT2D eigenvalue weighted by molar-refractivity contribution is 7.91. The number of nitrogens with zero attached hydrogens (tertiary/aromatic N) is 2. The summed E-state index contributed by atoms with van der Waals surface area (Å²) in [5, 5.41) is 1.81. The van der Waals surface area contributed by atoms with Crippen LogP contribution in [0, 0.1) is 5.92 Å². The zero-order valence-corrected chi connectivity index (χ0v) is 19.6. The molecule has 2 fully saturated rings. The smallest absolute Gasteiger partial charge is 0.252 e. The highest BCUT2D eigenvalue weighted by Gasteiger charge is 2.38. The van der Waals surface area contributed by atoms with E-state index in [0.717, 1.165) is 44.3 Å². The lowest BCUT2D eigenvalue weighted by Gasteiger charge is -2.38. The van der Waals surface area contributed by atoms with Crippen LogP contribution in [0.2, 0.25) is 0 Å². The van der Waals surface area contributed by atoms with Crippen LogP contribution in [0.1, 0.15) is 31.2 Å². The number of sulfonamides is 1. The van der Waals surface area contributed by atoms with E-state index >= 15 is 0 Å². The second-order valence-corrected chi connectivity index (χ2v) is 13.4. The van der Waals surface area contributed by atoms with Gasteiger partial charge in [0.25, 0.3) is 10.0 Å². The van der Waals surface area contributed by atoms with E-state index in [1.165, 1.54) is 17.6 Å². The molecule has 1 saturated heterocycles. The Kier molecular flexibility index (Phi) is 6.37. The number of hydrogen-bond donors (Lipinski definition) is 0. The monoisotopic (exact) mass is 468 g/mol. The summed E-state index contributed by atoms with van der Waals surface area (Å²) in [5.41, 5.74) is 0.805. The maximum atomic E-state index is 13.2. The van der Waals surface area contributed by atoms with Crippen LogP contribution < -0.4 is 0 Å². The molecule has 4 rings (SSSR count). The summed E-state index contributed by atoms with van der Waals surface area (Å²) < 4.78 is 52.8. The highest BCUT2D eigenvalue weighted by atomic mass is 32.2. The van der Waals surface area contributed by atoms with Crippen molar-refractivity contribution in [1.82, 2.24) is 9.21 Å². The predicted octanol–water partition coefficient (Wildman–Crippen LogP) is 3.22. The zero-order chi connectivity index (χ0) is 21.4. The Morgan fingerprint density at radius 2 is 1.70 bits per heavy atom. The molecule has 164 valence electrons. The molecule has 6 nitrogen and oxygen atoms in total. The second kappa shape index (κ2) is 8.70. The van der Waals surface area contributed by atoms with E-state index in [1.54, 1.807) is 28.6 Å². The molecule has 2 aliphatic rings. The van der Waals surface area contributed by atoms with E-state index in [1.807, 2.05) is 17.5 Å². The molecule has 0 radical (unpaired) electrons. The zero-order valence-electron chi connectivity index (χ0n) is 17.1. The van der Waals surface area contributed by atoms with Gasteiger partial charge in [-0.2, -0.15) is 4.31 Å². The van der Waals surface area contributed by atoms with Gasteiger partial charge in [-0.25, -0.2) is 16.8 Å². The second-order valence-electron chi connectivity index (χ2n) is 8.34. The summed E-state index contributed by atoms with van der Waals surface area (Å²) in [7, 11) is -6.73. The van der Waals surface area contributed by atoms with E-state index in [4.69, 9.17) is 0 Å². The largest absolute Gasteiger partial charge is 0.299 e. The van der Waals surface area contributed by atoms with E-state index in [9.17, 15) is 16.8 Å². The molecule has 1 saturated carbocycles. The van der Waals surface area contributed by atoms with Crippen molar-refractivity contribution in [2.45, 2.75) is 47.4 Å². The molecule has 0 N–H and O–H groups in total. The third kappa shape index (κ3) is 4.96. The van der Waals surface area contributed by atoms with Crippen LogP contribution in [0.5, 0.6) is 0 Å². The molecule has 1 aromatic carbocycles. The third-order valence-corrected chi connectivity index (χ3v) is 10.4. The summed E-state index contributed by atoms with van der Waals surface area (Å²) in [5.74, 6) is 0.486. The van der Waals surface area contributed by atoms with Crippen molar-refractivity contribution < 1.29 is 16.8 Å². The van der Waals surface area contributed by atoms with Crippen LogP contribution in [0.15, 0.2) is 50.9 Å². The molecule has 1 aromatic heterocycles. The number of likely N-dealkylation sites (tertiary alicyclic amines) is 1. The number of hydrogen-bond acceptors (Lipinski definition) is 6. The van der Waals surface area contributed by atoms with Crippen LogP contribution in [0.4, 0.5) is 0 Å². The third-order valence-electron chi connectivity index (χ3n) is 5.92. The Labute approximate surface area is 183 Å². The van der Waals surface area contributed by atoms with Crippen molar-refractivity contribution in [1.29, 1.82) is 0 Å². The summed E-state index contributed by atoms with van der Waals surface area (Å²) >= 11 is 1.28. The lowest BCUT2D eigenvalue weighted by atomic mass is 10.0. The van der Waals surface area contributed by atoms with Gasteiger partial charge in [-0.3, -0.25) is 4.90 Å². The molecule has 0 spiro atoms. The fourth-order valence-corrected chi connectivity index (χ4v) is 7.94. The minimum absolute atomic E-state index is 0.000832. The molecule has 2 heterocycles. The average molecular weight is 469 g/mol. The van der Waals surface area contributed by atoms with Gasteiger partial charge < -0.3 is 0 Å². The van der Waals surface area contributed by atoms with Gasteiger partial charge in [-0.1, -0.05) is 24.3 Å². The molecule has 1 aliphatic heterocycles. The van der Waals surface area contributed by atoms with Crippen molar-refractivity contribution in [3.05, 3.63) is 47.3 Å². The first-order chi connectivity index (χ1) is 14.2. The van der Waals surface area contributed by atoms with Crippen LogP contribution in [-0.4, -0.2) is 58.0 Å². The van der Waals surface area contributed by atoms with Crippen LogP contribution in [0.3, 0.4) is 0 Å². The molecule has 0 atom stereocenters. The van der Waals surface area contributed by atoms with Gasteiger partial charge in [0, 0.05) is 38.5 Å². The van der Waals surface area contributed by atoms with E-state index < -0.39 is 19.9 Å². The Balaban J connectivity index is 1.45. The minimum atomic E-state index is -3.46. The summed E-state index contributed by atoms with van der Waals surface area (Å²) in [4.78, 5) is 2.61. The normalized spacial score (nSPS) is 19.4. The van der Waals surface area contributed by atoms with Crippen LogP contribution in [0.25, 0.3) is 0 Å². The maximum Gasteiger partial charge on any atom is 0.252 e. The van der Waals surface area contributed by atoms with Gasteiger partial charge in [0.1, 0.15) is 4.21 Å². The van der Waals surface area contributed by atoms with E-state index in [-0.39, 0.29) is 6.04 Å². The quantitative estimate of drug-likeness (QED) is 0.595. The van der Waals surface area contributed by atoms with Gasteiger partial charge >= 0.3 is 0 Å². The number of sulfone groups is 1. The molecule has 0 bridgehead atoms. The van der Waals surface area contributed by atoms with Crippen molar-refractivity contribution in [2.75, 3.05) is 25.9 Å². The van der Waals surface area contributed by atoms with Crippen molar-refractivity contribution in [3.63, 3.8) is 0 Å². The summed E-state index contributed by atoms with van der Waals surface area (Å²) in [6.07, 6.45) is 4.98. The summed E-state index contributed by atoms with van der Waals surface area (Å²) in [6, 6.07) is 10.6. The van der Waals surface area contributed by atoms with E-state index in [2.05, 4.69) is 4.90 Å². The maximum absolute atomic E-state index is 13.2. The molecule has 1 aliphatic carbocycles.